The fourth-order valence-corrected chi connectivity index (χ4v) is 11.3. The number of aliphatic hydroxyl groups excluding tert-OH is 1. The van der Waals surface area contributed by atoms with Crippen molar-refractivity contribution in [1.29, 1.82) is 0 Å². The lowest BCUT2D eigenvalue weighted by Gasteiger charge is -2.39. The van der Waals surface area contributed by atoms with E-state index in [0.29, 0.717) is 42.9 Å². The molecule has 2 saturated heterocycles. The molecule has 384 valence electrons. The zero-order chi connectivity index (χ0) is 51.1. The number of rotatable bonds is 16. The summed E-state index contributed by atoms with van der Waals surface area (Å²) in [7, 11) is 1.92. The van der Waals surface area contributed by atoms with Crippen molar-refractivity contribution in [2.75, 3.05) is 32.8 Å². The standard InChI is InChI=1S/C54H59F3N8O7S/c1-30(2)49(53(68)65-28-37(66)22-46(65)51(67)61-31(3)33-6-8-34(9-7-33)50-32(4)60-29-73-50)47-25-48(62-72-47)69-19-18-64-16-13-38(14-17-64)70-39-23-40(24-39)71-52-43(54(55,56)57)20-36(26-59-52)35-10-11-41-42-27-58-15-12-44(42)63(5)45(41)21-35/h6-12,15,20-21,25-27,29-31,37-40,46,49,66H,13-14,16-19,22-24,28H2,1-5H3,(H,61,67)/t31-,37+,39?,40?,46-,49?/m0/s1. The van der Waals surface area contributed by atoms with E-state index in [1.807, 2.05) is 87.3 Å². The van der Waals surface area contributed by atoms with E-state index in [1.165, 1.54) is 11.1 Å². The molecule has 1 aliphatic carbocycles. The third-order valence-corrected chi connectivity index (χ3v) is 15.6. The summed E-state index contributed by atoms with van der Waals surface area (Å²) in [6.07, 6.45) is 1.56. The number of nitrogens with one attached hydrogen (secondary N) is 1. The van der Waals surface area contributed by atoms with E-state index in [1.54, 1.807) is 35.9 Å². The van der Waals surface area contributed by atoms with Gasteiger partial charge in [-0.25, -0.2) is 9.97 Å². The number of pyridine rings is 2. The van der Waals surface area contributed by atoms with Crippen LogP contribution in [0.2, 0.25) is 0 Å². The number of alkyl halides is 3. The summed E-state index contributed by atoms with van der Waals surface area (Å²) in [5.41, 5.74) is 6.67. The fraction of sp³-hybridized carbons (Fsp3) is 0.444. The van der Waals surface area contributed by atoms with Gasteiger partial charge >= 0.3 is 6.18 Å². The molecule has 0 bridgehead atoms. The normalized spacial score (nSPS) is 20.7. The molecule has 2 aromatic carbocycles. The Kier molecular flexibility index (Phi) is 14.3. The van der Waals surface area contributed by atoms with Crippen LogP contribution in [0.25, 0.3) is 43.4 Å². The first-order chi connectivity index (χ1) is 35.1. The van der Waals surface area contributed by atoms with Gasteiger partial charge in [0.05, 0.1) is 46.0 Å². The Morgan fingerprint density at radius 1 is 0.904 bits per heavy atom. The van der Waals surface area contributed by atoms with Crippen LogP contribution >= 0.6 is 11.3 Å². The molecule has 2 amide bonds. The molecule has 2 N–H and O–H groups in total. The smallest absolute Gasteiger partial charge is 0.421 e. The molecule has 7 heterocycles. The number of aromatic nitrogens is 5. The third kappa shape index (κ3) is 10.7. The Balaban J connectivity index is 0.666. The third-order valence-electron chi connectivity index (χ3n) is 14.6. The van der Waals surface area contributed by atoms with E-state index < -0.39 is 41.8 Å². The van der Waals surface area contributed by atoms with E-state index in [0.717, 1.165) is 75.5 Å². The van der Waals surface area contributed by atoms with Crippen molar-refractivity contribution < 1.29 is 46.6 Å². The molecule has 10 rings (SSSR count). The number of aryl methyl sites for hydroxylation is 2. The zero-order valence-corrected chi connectivity index (χ0v) is 42.2. The lowest BCUT2D eigenvalue weighted by Crippen LogP contribution is -2.48. The molecule has 0 radical (unpaired) electrons. The number of carbonyl (C=O) groups excluding carboxylic acids is 2. The van der Waals surface area contributed by atoms with Gasteiger partial charge in [0.15, 0.2) is 5.76 Å². The van der Waals surface area contributed by atoms with Gasteiger partial charge in [0.25, 0.3) is 5.88 Å². The Labute approximate surface area is 424 Å². The predicted molar refractivity (Wildman–Crippen MR) is 269 cm³/mol. The molecule has 5 aromatic heterocycles. The van der Waals surface area contributed by atoms with Crippen molar-refractivity contribution >= 4 is 45.0 Å². The zero-order valence-electron chi connectivity index (χ0n) is 41.3. The van der Waals surface area contributed by atoms with Gasteiger partial charge in [-0.2, -0.15) is 13.2 Å². The minimum Gasteiger partial charge on any atom is -0.474 e. The van der Waals surface area contributed by atoms with Crippen LogP contribution in [0.15, 0.2) is 89.3 Å². The molecule has 0 spiro atoms. The van der Waals surface area contributed by atoms with Gasteiger partial charge in [-0.1, -0.05) is 50.2 Å². The minimum absolute atomic E-state index is 0.0210. The number of fused-ring (bicyclic) bond motifs is 3. The lowest BCUT2D eigenvalue weighted by atomic mass is 9.91. The van der Waals surface area contributed by atoms with Crippen LogP contribution in [0.1, 0.15) is 87.4 Å². The van der Waals surface area contributed by atoms with Gasteiger partial charge in [-0.05, 0) is 72.7 Å². The van der Waals surface area contributed by atoms with E-state index >= 15 is 0 Å². The Bertz CT molecular complexity index is 3090. The number of amides is 2. The molecule has 4 atom stereocenters. The summed E-state index contributed by atoms with van der Waals surface area (Å²) < 4.78 is 69.2. The van der Waals surface area contributed by atoms with Crippen molar-refractivity contribution in [3.63, 3.8) is 0 Å². The monoisotopic (exact) mass is 1020 g/mol. The van der Waals surface area contributed by atoms with Crippen LogP contribution in [0, 0.1) is 12.8 Å². The van der Waals surface area contributed by atoms with Crippen molar-refractivity contribution in [2.45, 2.75) is 108 Å². The molecule has 73 heavy (non-hydrogen) atoms. The lowest BCUT2D eigenvalue weighted by molar-refractivity contribution is -0.142. The quantitative estimate of drug-likeness (QED) is 0.0942. The highest BCUT2D eigenvalue weighted by molar-refractivity contribution is 7.13. The number of ether oxygens (including phenoxy) is 3. The van der Waals surface area contributed by atoms with Crippen molar-refractivity contribution in [3.8, 4) is 33.3 Å². The number of aliphatic hydroxyl groups is 1. The second kappa shape index (κ2) is 20.8. The van der Waals surface area contributed by atoms with Crippen LogP contribution in [-0.4, -0.2) is 115 Å². The maximum Gasteiger partial charge on any atom is 0.421 e. The SMILES string of the molecule is Cc1ncsc1-c1ccc([C@H](C)NC(=O)[C@@H]2C[C@@H](O)CN2C(=O)C(c2cc(OCCN3CCC(OC4CC(Oc5ncc(-c6ccc7c8cnccc8n(C)c7c6)cc5C(F)(F)F)C4)CC3)no2)C(C)C)cc1. The molecular formula is C54H59F3N8O7S. The molecule has 2 aliphatic heterocycles. The number of carbonyl (C=O) groups is 2. The van der Waals surface area contributed by atoms with Crippen molar-refractivity contribution in [2.24, 2.45) is 13.0 Å². The highest BCUT2D eigenvalue weighted by Gasteiger charge is 2.44. The predicted octanol–water partition coefficient (Wildman–Crippen LogP) is 9.28. The van der Waals surface area contributed by atoms with E-state index in [-0.39, 0.29) is 54.8 Å². The molecule has 3 fully saturated rings. The highest BCUT2D eigenvalue weighted by atomic mass is 32.1. The Morgan fingerprint density at radius 2 is 1.67 bits per heavy atom. The Hall–Kier alpha value is -6.41. The van der Waals surface area contributed by atoms with Gasteiger partial charge in [0.1, 0.15) is 30.2 Å². The summed E-state index contributed by atoms with van der Waals surface area (Å²) >= 11 is 1.58. The highest BCUT2D eigenvalue weighted by Crippen LogP contribution is 2.41. The van der Waals surface area contributed by atoms with E-state index in [9.17, 15) is 27.9 Å². The maximum atomic E-state index is 14.4. The number of hydrogen-bond donors (Lipinski definition) is 2. The summed E-state index contributed by atoms with van der Waals surface area (Å²) in [4.78, 5) is 45.5. The molecule has 7 aromatic rings. The molecule has 3 aliphatic rings. The summed E-state index contributed by atoms with van der Waals surface area (Å²) in [6, 6.07) is 17.0. The number of hydrogen-bond acceptors (Lipinski definition) is 13. The van der Waals surface area contributed by atoms with Gasteiger partial charge in [-0.3, -0.25) is 19.5 Å². The first-order valence-electron chi connectivity index (χ1n) is 24.9. The summed E-state index contributed by atoms with van der Waals surface area (Å²) in [6.45, 7) is 10.2. The van der Waals surface area contributed by atoms with Gasteiger partial charge < -0.3 is 38.6 Å². The topological polar surface area (TPSA) is 170 Å². The Morgan fingerprint density at radius 3 is 2.40 bits per heavy atom. The summed E-state index contributed by atoms with van der Waals surface area (Å²) in [5, 5.41) is 19.8. The molecule has 15 nitrogen and oxygen atoms in total. The number of thiazole rings is 1. The number of benzene rings is 2. The van der Waals surface area contributed by atoms with E-state index in [4.69, 9.17) is 18.7 Å². The maximum absolute atomic E-state index is 14.4. The van der Waals surface area contributed by atoms with Crippen LogP contribution in [-0.2, 0) is 27.5 Å². The van der Waals surface area contributed by atoms with Crippen LogP contribution < -0.4 is 14.8 Å². The summed E-state index contributed by atoms with van der Waals surface area (Å²) in [5.74, 6) is -1.49. The number of β-amino-alcohol motifs (C(OH)–C–C–N with tert-alkyl or cyclic N) is 1. The van der Waals surface area contributed by atoms with Gasteiger partial charge in [-0.15, -0.1) is 11.3 Å². The van der Waals surface area contributed by atoms with Crippen LogP contribution in [0.4, 0.5) is 13.2 Å². The molecular weight excluding hydrogens is 962 g/mol. The van der Waals surface area contributed by atoms with Gasteiger partial charge in [0.2, 0.25) is 17.7 Å². The van der Waals surface area contributed by atoms with Gasteiger partial charge in [0, 0.05) is 99.0 Å². The molecule has 19 heteroatoms. The van der Waals surface area contributed by atoms with Crippen LogP contribution in [0.5, 0.6) is 11.8 Å². The largest absolute Gasteiger partial charge is 0.474 e. The first kappa shape index (κ1) is 50.1. The van der Waals surface area contributed by atoms with Crippen molar-refractivity contribution in [3.05, 3.63) is 107 Å². The number of halogens is 3. The number of piperidine rings is 1. The molecule has 1 saturated carbocycles. The fourth-order valence-electron chi connectivity index (χ4n) is 10.4. The number of nitrogens with zero attached hydrogens (tertiary/aromatic N) is 7. The minimum atomic E-state index is -4.66. The van der Waals surface area contributed by atoms with Crippen molar-refractivity contribution in [1.82, 2.24) is 39.8 Å². The van der Waals surface area contributed by atoms with E-state index in [2.05, 4.69) is 30.3 Å². The number of likely N-dealkylation sites (tertiary alicyclic amines) is 2. The second-order valence-electron chi connectivity index (χ2n) is 19.9. The first-order valence-corrected chi connectivity index (χ1v) is 25.8. The van der Waals surface area contributed by atoms with Crippen LogP contribution in [0.3, 0.4) is 0 Å². The average molecular weight is 1020 g/mol. The molecule has 1 unspecified atom stereocenters. The second-order valence-corrected chi connectivity index (χ2v) is 20.8. The average Bonchev–Trinajstić information content (AvgIpc) is 4.17.